The van der Waals surface area contributed by atoms with Crippen LogP contribution in [0.1, 0.15) is 25.0 Å². The molecule has 13 heteroatoms. The molecule has 2 amide bonds. The Morgan fingerprint density at radius 1 is 0.958 bits per heavy atom. The number of nitrogens with one attached hydrogen (secondary N) is 3. The number of likely N-dealkylation sites (N-methyl/N-ethyl adjacent to an activating group) is 1. The van der Waals surface area contributed by atoms with Crippen LogP contribution in [-0.2, 0) is 22.7 Å². The number of amides is 2. The molecule has 0 aliphatic carbocycles. The fourth-order valence-electron chi connectivity index (χ4n) is 5.08. The second-order valence-corrected chi connectivity index (χ2v) is 11.9. The number of fused-ring (bicyclic) bond motifs is 1. The van der Waals surface area contributed by atoms with Crippen LogP contribution < -0.4 is 27.2 Å². The summed E-state index contributed by atoms with van der Waals surface area (Å²) in [6.07, 6.45) is 0.681. The standard InChI is InChI=1S/C32H31F2N5O3S.C3H7NO/c1-20(40)36-16-17-37(3)18-25-28-30(41)39(23-8-5-4-6-9-23)32(42)38(19-24-26(33)10-7-11-27(24)34)31(28)43-29(25)21-12-14-22(35-2)15-13-21;1-2-4-3-5/h4-15,35H,16-19H2,1-3H3,(H,36,40);3H,2H2,1H3,(H,4,5). The van der Waals surface area contributed by atoms with Gasteiger partial charge in [0.25, 0.3) is 5.56 Å². The molecule has 10 nitrogen and oxygen atoms in total. The third kappa shape index (κ3) is 8.22. The lowest BCUT2D eigenvalue weighted by Crippen LogP contribution is -2.39. The summed E-state index contributed by atoms with van der Waals surface area (Å²) in [6, 6.07) is 19.7. The van der Waals surface area contributed by atoms with Crippen molar-refractivity contribution in [1.82, 2.24) is 24.7 Å². The minimum absolute atomic E-state index is 0.144. The summed E-state index contributed by atoms with van der Waals surface area (Å²) in [5, 5.41) is 8.60. The van der Waals surface area contributed by atoms with Crippen molar-refractivity contribution in [3.8, 4) is 16.1 Å². The monoisotopic (exact) mass is 676 g/mol. The Morgan fingerprint density at radius 2 is 1.62 bits per heavy atom. The largest absolute Gasteiger partial charge is 0.388 e. The van der Waals surface area contributed by atoms with Gasteiger partial charge >= 0.3 is 5.69 Å². The first kappa shape index (κ1) is 35.7. The van der Waals surface area contributed by atoms with Gasteiger partial charge in [0.15, 0.2) is 0 Å². The molecule has 0 radical (unpaired) electrons. The molecule has 2 aromatic heterocycles. The van der Waals surface area contributed by atoms with E-state index >= 15 is 0 Å². The molecule has 0 unspecified atom stereocenters. The maximum atomic E-state index is 14.9. The van der Waals surface area contributed by atoms with Crippen molar-refractivity contribution in [1.29, 1.82) is 0 Å². The molecule has 0 spiro atoms. The molecule has 0 aliphatic rings. The van der Waals surface area contributed by atoms with Crippen molar-refractivity contribution < 1.29 is 18.4 Å². The number of nitrogens with zero attached hydrogens (tertiary/aromatic N) is 3. The van der Waals surface area contributed by atoms with E-state index in [1.54, 1.807) is 30.3 Å². The zero-order chi connectivity index (χ0) is 34.8. The maximum absolute atomic E-state index is 14.9. The van der Waals surface area contributed by atoms with Crippen molar-refractivity contribution in [3.63, 3.8) is 0 Å². The molecule has 2 heterocycles. The number of hydrogen-bond acceptors (Lipinski definition) is 7. The highest BCUT2D eigenvalue weighted by Crippen LogP contribution is 2.38. The Kier molecular flexibility index (Phi) is 12.4. The average Bonchev–Trinajstić information content (AvgIpc) is 3.44. The number of benzene rings is 3. The highest BCUT2D eigenvalue weighted by Gasteiger charge is 2.25. The summed E-state index contributed by atoms with van der Waals surface area (Å²) in [5.41, 5.74) is 1.26. The maximum Gasteiger partial charge on any atom is 0.337 e. The lowest BCUT2D eigenvalue weighted by molar-refractivity contribution is -0.119. The van der Waals surface area contributed by atoms with Crippen LogP contribution in [0.4, 0.5) is 14.5 Å². The predicted molar refractivity (Wildman–Crippen MR) is 187 cm³/mol. The Labute approximate surface area is 280 Å². The molecule has 48 heavy (non-hydrogen) atoms. The van der Waals surface area contributed by atoms with E-state index in [9.17, 15) is 28.0 Å². The van der Waals surface area contributed by atoms with E-state index in [-0.39, 0.29) is 11.5 Å². The molecule has 5 aromatic rings. The van der Waals surface area contributed by atoms with Gasteiger partial charge in [-0.1, -0.05) is 36.4 Å². The summed E-state index contributed by atoms with van der Waals surface area (Å²) < 4.78 is 32.1. The van der Waals surface area contributed by atoms with E-state index in [0.717, 1.165) is 39.4 Å². The zero-order valence-corrected chi connectivity index (χ0v) is 28.0. The van der Waals surface area contributed by atoms with Gasteiger partial charge in [-0.3, -0.25) is 19.0 Å². The molecule has 0 bridgehead atoms. The number of thiophene rings is 1. The van der Waals surface area contributed by atoms with E-state index in [2.05, 4.69) is 16.0 Å². The van der Waals surface area contributed by atoms with E-state index in [0.29, 0.717) is 47.5 Å². The fourth-order valence-corrected chi connectivity index (χ4v) is 6.38. The van der Waals surface area contributed by atoms with Crippen LogP contribution in [-0.4, -0.2) is 60.1 Å². The van der Waals surface area contributed by atoms with Crippen LogP contribution in [0.15, 0.2) is 82.4 Å². The van der Waals surface area contributed by atoms with E-state index in [1.807, 2.05) is 50.2 Å². The van der Waals surface area contributed by atoms with Crippen molar-refractivity contribution in [3.05, 3.63) is 116 Å². The molecule has 3 N–H and O–H groups in total. The summed E-state index contributed by atoms with van der Waals surface area (Å²) in [5.74, 6) is -1.71. The molecule has 252 valence electrons. The SMILES string of the molecule is CCNC=O.CNc1ccc(-c2sc3c(c2CN(C)CCNC(C)=O)c(=O)n(-c2ccccc2)c(=O)n3Cc2c(F)cccc2F)cc1. The summed E-state index contributed by atoms with van der Waals surface area (Å²) >= 11 is 1.24. The first-order chi connectivity index (χ1) is 23.1. The molecule has 0 fully saturated rings. The Morgan fingerprint density at radius 3 is 2.19 bits per heavy atom. The summed E-state index contributed by atoms with van der Waals surface area (Å²) in [7, 11) is 3.69. The molecule has 5 rings (SSSR count). The van der Waals surface area contributed by atoms with Crippen LogP contribution >= 0.6 is 11.3 Å². The van der Waals surface area contributed by atoms with Gasteiger partial charge in [-0.25, -0.2) is 18.1 Å². The van der Waals surface area contributed by atoms with Crippen molar-refractivity contribution >= 4 is 39.6 Å². The van der Waals surface area contributed by atoms with Gasteiger partial charge in [0, 0.05) is 56.3 Å². The summed E-state index contributed by atoms with van der Waals surface area (Å²) in [4.78, 5) is 52.1. The van der Waals surface area contributed by atoms with Crippen molar-refractivity contribution in [2.75, 3.05) is 39.0 Å². The average molecular weight is 677 g/mol. The number of carbonyl (C=O) groups is 2. The molecule has 3 aromatic carbocycles. The number of carbonyl (C=O) groups excluding carboxylic acids is 2. The first-order valence-electron chi connectivity index (χ1n) is 15.3. The van der Waals surface area contributed by atoms with Gasteiger partial charge < -0.3 is 20.9 Å². The number of aromatic nitrogens is 2. The normalized spacial score (nSPS) is 10.8. The van der Waals surface area contributed by atoms with E-state index < -0.39 is 29.4 Å². The molecule has 0 saturated heterocycles. The second-order valence-electron chi connectivity index (χ2n) is 10.9. The Hall–Kier alpha value is -5.14. The number of para-hydroxylation sites is 1. The van der Waals surface area contributed by atoms with Gasteiger partial charge in [0.05, 0.1) is 17.6 Å². The summed E-state index contributed by atoms with van der Waals surface area (Å²) in [6.45, 7) is 4.87. The first-order valence-corrected chi connectivity index (χ1v) is 16.1. The van der Waals surface area contributed by atoms with Crippen LogP contribution in [0.25, 0.3) is 26.3 Å². The number of halogens is 2. The van der Waals surface area contributed by atoms with Gasteiger partial charge in [0.2, 0.25) is 12.3 Å². The van der Waals surface area contributed by atoms with Crippen LogP contribution in [0.2, 0.25) is 0 Å². The minimum atomic E-state index is -0.783. The Bertz CT molecular complexity index is 1970. The lowest BCUT2D eigenvalue weighted by atomic mass is 10.1. The molecular formula is C35H38F2N6O4S. The third-order valence-corrected chi connectivity index (χ3v) is 8.79. The second kappa shape index (κ2) is 16.6. The van der Waals surface area contributed by atoms with Crippen LogP contribution in [0.5, 0.6) is 0 Å². The van der Waals surface area contributed by atoms with Crippen molar-refractivity contribution in [2.24, 2.45) is 0 Å². The molecule has 0 atom stereocenters. The Balaban J connectivity index is 0.000000968. The lowest BCUT2D eigenvalue weighted by Gasteiger charge is -2.18. The highest BCUT2D eigenvalue weighted by molar-refractivity contribution is 7.22. The van der Waals surface area contributed by atoms with Gasteiger partial charge in [-0.2, -0.15) is 0 Å². The zero-order valence-electron chi connectivity index (χ0n) is 27.2. The van der Waals surface area contributed by atoms with Gasteiger partial charge in [-0.15, -0.1) is 11.3 Å². The number of anilines is 1. The van der Waals surface area contributed by atoms with Gasteiger partial charge in [-0.05, 0) is 61.5 Å². The quantitative estimate of drug-likeness (QED) is 0.167. The smallest absolute Gasteiger partial charge is 0.337 e. The highest BCUT2D eigenvalue weighted by atomic mass is 32.1. The van der Waals surface area contributed by atoms with E-state index in [4.69, 9.17) is 0 Å². The topological polar surface area (TPSA) is 117 Å². The molecule has 0 saturated carbocycles. The van der Waals surface area contributed by atoms with Crippen molar-refractivity contribution in [2.45, 2.75) is 26.9 Å². The third-order valence-electron chi connectivity index (χ3n) is 7.48. The van der Waals surface area contributed by atoms with Crippen LogP contribution in [0.3, 0.4) is 0 Å². The fraction of sp³-hybridized carbons (Fsp3) is 0.257. The number of rotatable bonds is 12. The minimum Gasteiger partial charge on any atom is -0.388 e. The predicted octanol–water partition coefficient (Wildman–Crippen LogP) is 4.57. The molecule has 0 aliphatic heterocycles. The van der Waals surface area contributed by atoms with Crippen LogP contribution in [0, 0.1) is 11.6 Å². The molecular weight excluding hydrogens is 638 g/mol. The van der Waals surface area contributed by atoms with E-state index in [1.165, 1.54) is 28.9 Å². The number of hydrogen-bond donors (Lipinski definition) is 3. The van der Waals surface area contributed by atoms with Gasteiger partial charge in [0.1, 0.15) is 16.5 Å².